The van der Waals surface area contributed by atoms with Crippen LogP contribution in [0.2, 0.25) is 0 Å². The molecule has 3 aliphatic rings. The van der Waals surface area contributed by atoms with Gasteiger partial charge in [-0.05, 0) is 61.3 Å². The summed E-state index contributed by atoms with van der Waals surface area (Å²) in [6, 6.07) is 15.8. The second-order valence-corrected chi connectivity index (χ2v) is 10.5. The van der Waals surface area contributed by atoms with Gasteiger partial charge in [0.1, 0.15) is 11.6 Å². The molecule has 2 atom stereocenters. The molecule has 186 valence electrons. The quantitative estimate of drug-likeness (QED) is 0.461. The highest BCUT2D eigenvalue weighted by atomic mass is 16.1. The van der Waals surface area contributed by atoms with Gasteiger partial charge >= 0.3 is 0 Å². The Hall–Kier alpha value is -3.05. The topological polar surface area (TPSA) is 49.3 Å². The molecule has 3 aromatic rings. The van der Waals surface area contributed by atoms with Gasteiger partial charge < -0.3 is 4.90 Å². The Balaban J connectivity index is 1.47. The number of aromatic nitrogens is 2. The third kappa shape index (κ3) is 3.85. The van der Waals surface area contributed by atoms with E-state index in [9.17, 15) is 4.79 Å². The summed E-state index contributed by atoms with van der Waals surface area (Å²) >= 11 is 0. The van der Waals surface area contributed by atoms with Crippen LogP contribution >= 0.6 is 0 Å². The second kappa shape index (κ2) is 9.44. The molecule has 0 amide bonds. The molecule has 1 unspecified atom stereocenters. The van der Waals surface area contributed by atoms with E-state index in [2.05, 4.69) is 73.0 Å². The van der Waals surface area contributed by atoms with Crippen molar-refractivity contribution in [2.75, 3.05) is 11.4 Å². The predicted molar refractivity (Wildman–Crippen MR) is 144 cm³/mol. The Kier molecular flexibility index (Phi) is 6.12. The van der Waals surface area contributed by atoms with E-state index in [1.165, 1.54) is 39.8 Å². The zero-order chi connectivity index (χ0) is 24.8. The zero-order valence-corrected chi connectivity index (χ0v) is 21.8. The summed E-state index contributed by atoms with van der Waals surface area (Å²) in [6.45, 7) is 8.08. The van der Waals surface area contributed by atoms with Crippen molar-refractivity contribution in [2.24, 2.45) is 0 Å². The molecule has 36 heavy (non-hydrogen) atoms. The number of ketones is 1. The van der Waals surface area contributed by atoms with E-state index in [-0.39, 0.29) is 6.17 Å². The van der Waals surface area contributed by atoms with Gasteiger partial charge in [-0.2, -0.15) is 0 Å². The molecular weight excluding hydrogens is 444 g/mol. The number of carbonyl (C=O) groups is 1. The molecule has 1 aliphatic carbocycles. The molecule has 5 nitrogen and oxygen atoms in total. The van der Waals surface area contributed by atoms with E-state index in [0.717, 1.165) is 56.1 Å². The summed E-state index contributed by atoms with van der Waals surface area (Å²) in [5.74, 6) is 2.25. The lowest BCUT2D eigenvalue weighted by molar-refractivity contribution is -0.122. The summed E-state index contributed by atoms with van der Waals surface area (Å²) in [7, 11) is 0. The van der Waals surface area contributed by atoms with Crippen LogP contribution in [0.3, 0.4) is 0 Å². The van der Waals surface area contributed by atoms with Crippen LogP contribution in [0.15, 0.2) is 42.5 Å². The molecule has 0 spiro atoms. The van der Waals surface area contributed by atoms with E-state index < -0.39 is 0 Å². The lowest BCUT2D eigenvalue weighted by atomic mass is 9.85. The lowest BCUT2D eigenvalue weighted by Gasteiger charge is -2.51. The van der Waals surface area contributed by atoms with Gasteiger partial charge in [0.2, 0.25) is 0 Å². The summed E-state index contributed by atoms with van der Waals surface area (Å²) < 4.78 is 0. The van der Waals surface area contributed by atoms with Crippen LogP contribution in [-0.2, 0) is 30.6 Å². The molecule has 0 radical (unpaired) electrons. The highest BCUT2D eigenvalue weighted by Gasteiger charge is 2.42. The number of rotatable bonds is 4. The first-order valence-electron chi connectivity index (χ1n) is 13.7. The number of piperidine rings is 1. The van der Waals surface area contributed by atoms with Gasteiger partial charge in [0.25, 0.3) is 0 Å². The van der Waals surface area contributed by atoms with Gasteiger partial charge in [-0.3, -0.25) is 9.69 Å². The number of nitrogens with zero attached hydrogens (tertiary/aromatic N) is 4. The van der Waals surface area contributed by atoms with Crippen molar-refractivity contribution in [1.29, 1.82) is 0 Å². The van der Waals surface area contributed by atoms with Crippen LogP contribution in [0.25, 0.3) is 11.4 Å². The van der Waals surface area contributed by atoms with Crippen LogP contribution in [0, 0.1) is 6.92 Å². The molecule has 1 fully saturated rings. The predicted octanol–water partition coefficient (Wildman–Crippen LogP) is 5.97. The zero-order valence-electron chi connectivity index (χ0n) is 21.8. The summed E-state index contributed by atoms with van der Waals surface area (Å²) in [6.07, 6.45) is 6.60. The van der Waals surface area contributed by atoms with Crippen LogP contribution in [0.4, 0.5) is 5.82 Å². The Bertz CT molecular complexity index is 1290. The lowest BCUT2D eigenvalue weighted by Crippen LogP contribution is -2.57. The van der Waals surface area contributed by atoms with Crippen LogP contribution < -0.4 is 4.90 Å². The maximum absolute atomic E-state index is 12.7. The normalized spacial score (nSPS) is 21.6. The summed E-state index contributed by atoms with van der Waals surface area (Å²) in [4.78, 5) is 28.1. The SMILES string of the molecule is CCc1cccc(CC)c1-c1nc(C)c2c(n1)N1CCC(=O)CC1N([C@H]1CCCc3ccccc31)C2. The van der Waals surface area contributed by atoms with Crippen LogP contribution in [0.5, 0.6) is 0 Å². The first-order chi connectivity index (χ1) is 17.6. The van der Waals surface area contributed by atoms with E-state index in [4.69, 9.17) is 9.97 Å². The van der Waals surface area contributed by atoms with E-state index in [1.807, 2.05) is 0 Å². The van der Waals surface area contributed by atoms with Crippen molar-refractivity contribution in [1.82, 2.24) is 14.9 Å². The fraction of sp³-hybridized carbons (Fsp3) is 0.452. The fourth-order valence-corrected chi connectivity index (χ4v) is 6.68. The van der Waals surface area contributed by atoms with Gasteiger partial charge in [-0.15, -0.1) is 0 Å². The van der Waals surface area contributed by atoms with Crippen molar-refractivity contribution in [3.05, 3.63) is 76.0 Å². The summed E-state index contributed by atoms with van der Waals surface area (Å²) in [5.41, 5.74) is 8.98. The van der Waals surface area contributed by atoms with E-state index >= 15 is 0 Å². The Labute approximate surface area is 214 Å². The maximum atomic E-state index is 12.7. The van der Waals surface area contributed by atoms with Crippen LogP contribution in [0.1, 0.15) is 79.1 Å². The van der Waals surface area contributed by atoms with Crippen molar-refractivity contribution < 1.29 is 4.79 Å². The Morgan fingerprint density at radius 2 is 1.75 bits per heavy atom. The molecule has 5 heteroatoms. The molecule has 1 aromatic heterocycles. The highest BCUT2D eigenvalue weighted by Crippen LogP contribution is 2.44. The van der Waals surface area contributed by atoms with Crippen molar-refractivity contribution in [2.45, 2.75) is 84.5 Å². The Morgan fingerprint density at radius 3 is 2.53 bits per heavy atom. The largest absolute Gasteiger partial charge is 0.340 e. The smallest absolute Gasteiger partial charge is 0.162 e. The molecule has 3 heterocycles. The van der Waals surface area contributed by atoms with Gasteiger partial charge in [0.15, 0.2) is 5.82 Å². The van der Waals surface area contributed by atoms with Crippen molar-refractivity contribution >= 4 is 11.6 Å². The second-order valence-electron chi connectivity index (χ2n) is 10.5. The molecule has 0 saturated carbocycles. The molecule has 6 rings (SSSR count). The highest BCUT2D eigenvalue weighted by molar-refractivity contribution is 5.82. The third-order valence-electron chi connectivity index (χ3n) is 8.55. The van der Waals surface area contributed by atoms with Gasteiger partial charge in [-0.1, -0.05) is 56.3 Å². The minimum absolute atomic E-state index is 0.0594. The molecule has 2 aliphatic heterocycles. The minimum Gasteiger partial charge on any atom is -0.340 e. The number of fused-ring (bicyclic) bond motifs is 4. The molecule has 1 saturated heterocycles. The van der Waals surface area contributed by atoms with E-state index in [0.29, 0.717) is 24.7 Å². The molecule has 2 aromatic carbocycles. The summed E-state index contributed by atoms with van der Waals surface area (Å²) in [5, 5.41) is 0. The molecular formula is C31H36N4O. The van der Waals surface area contributed by atoms with Crippen molar-refractivity contribution in [3.63, 3.8) is 0 Å². The number of aryl methyl sites for hydroxylation is 4. The average molecular weight is 481 g/mol. The maximum Gasteiger partial charge on any atom is 0.162 e. The molecule has 0 N–H and O–H groups in total. The molecule has 0 bridgehead atoms. The van der Waals surface area contributed by atoms with E-state index in [1.54, 1.807) is 0 Å². The number of hydrogen-bond donors (Lipinski definition) is 0. The Morgan fingerprint density at radius 1 is 0.972 bits per heavy atom. The van der Waals surface area contributed by atoms with Gasteiger partial charge in [0, 0.05) is 48.8 Å². The number of carbonyl (C=O) groups excluding carboxylic acids is 1. The monoisotopic (exact) mass is 480 g/mol. The minimum atomic E-state index is 0.0594. The third-order valence-corrected chi connectivity index (χ3v) is 8.55. The van der Waals surface area contributed by atoms with Gasteiger partial charge in [-0.25, -0.2) is 9.97 Å². The van der Waals surface area contributed by atoms with Crippen molar-refractivity contribution in [3.8, 4) is 11.4 Å². The van der Waals surface area contributed by atoms with Crippen LogP contribution in [-0.4, -0.2) is 33.4 Å². The number of Topliss-reactive ketones (excluding diaryl/α,β-unsaturated/α-hetero) is 1. The first-order valence-corrected chi connectivity index (χ1v) is 13.7. The first kappa shape index (κ1) is 23.4. The van der Waals surface area contributed by atoms with Gasteiger partial charge in [0.05, 0.1) is 6.17 Å². The number of benzene rings is 2. The fourth-order valence-electron chi connectivity index (χ4n) is 6.68. The average Bonchev–Trinajstić information content (AvgIpc) is 2.91. The standard InChI is InChI=1S/C31H36N4O/c1-4-21-11-8-12-22(5-2)29(21)30-32-20(3)26-19-35(27-15-9-13-23-10-6-7-14-25(23)27)28-18-24(36)16-17-34(28)31(26)33-30/h6-8,10-12,14,27-28H,4-5,9,13,15-19H2,1-3H3/t27-,28?/m0/s1. The number of anilines is 1. The number of hydrogen-bond acceptors (Lipinski definition) is 5.